The maximum absolute atomic E-state index is 13.0. The number of nitrogens with one attached hydrogen (secondary N) is 3. The molecule has 0 saturated heterocycles. The second kappa shape index (κ2) is 11.1. The summed E-state index contributed by atoms with van der Waals surface area (Å²) in [6, 6.07) is 21.9. The van der Waals surface area contributed by atoms with Crippen molar-refractivity contribution < 1.29 is 21.6 Å². The second-order valence-corrected chi connectivity index (χ2v) is 12.7. The van der Waals surface area contributed by atoms with Gasteiger partial charge < -0.3 is 5.32 Å². The predicted octanol–water partition coefficient (Wildman–Crippen LogP) is 6.12. The van der Waals surface area contributed by atoms with Crippen molar-refractivity contribution in [3.05, 3.63) is 112 Å². The van der Waals surface area contributed by atoms with E-state index < -0.39 is 26.0 Å². The Morgan fingerprint density at radius 3 is 1.95 bits per heavy atom. The molecule has 0 heterocycles. The van der Waals surface area contributed by atoms with Gasteiger partial charge in [-0.15, -0.1) is 0 Å². The van der Waals surface area contributed by atoms with E-state index in [0.717, 1.165) is 16.7 Å². The fourth-order valence-corrected chi connectivity index (χ4v) is 6.69. The zero-order chi connectivity index (χ0) is 28.4. The summed E-state index contributed by atoms with van der Waals surface area (Å²) in [5.74, 6) is -0.594. The summed E-state index contributed by atoms with van der Waals surface area (Å²) in [6.45, 7) is 5.39. The molecule has 39 heavy (non-hydrogen) atoms. The molecule has 0 aliphatic rings. The molecule has 0 radical (unpaired) electrons. The summed E-state index contributed by atoms with van der Waals surface area (Å²) < 4.78 is 57.0. The van der Waals surface area contributed by atoms with Gasteiger partial charge in [0.25, 0.3) is 26.0 Å². The SMILES string of the molecule is Cc1ccccc1NS(=O)(=O)c1cc(C(=O)Nc2ccc(S(=O)(=O)Nc3c(C)cccc3C)cc2)ccc1Cl. The normalized spacial score (nSPS) is 11.6. The molecule has 0 atom stereocenters. The highest BCUT2D eigenvalue weighted by molar-refractivity contribution is 7.93. The third kappa shape index (κ3) is 6.42. The summed E-state index contributed by atoms with van der Waals surface area (Å²) in [6.07, 6.45) is 0. The van der Waals surface area contributed by atoms with E-state index in [0.29, 0.717) is 17.1 Å². The Bertz CT molecular complexity index is 1750. The molecule has 0 bridgehead atoms. The Morgan fingerprint density at radius 2 is 1.31 bits per heavy atom. The second-order valence-electron chi connectivity index (χ2n) is 8.92. The molecule has 1 amide bonds. The van der Waals surface area contributed by atoms with Crippen molar-refractivity contribution >= 4 is 54.6 Å². The first kappa shape index (κ1) is 28.2. The number of aryl methyl sites for hydroxylation is 3. The minimum Gasteiger partial charge on any atom is -0.322 e. The number of carbonyl (C=O) groups excluding carboxylic acids is 1. The van der Waals surface area contributed by atoms with Gasteiger partial charge in [0.05, 0.1) is 21.3 Å². The van der Waals surface area contributed by atoms with Crippen molar-refractivity contribution in [1.82, 2.24) is 0 Å². The number of para-hydroxylation sites is 2. The summed E-state index contributed by atoms with van der Waals surface area (Å²) in [5, 5.41) is 2.61. The third-order valence-electron chi connectivity index (χ3n) is 6.01. The van der Waals surface area contributed by atoms with Crippen LogP contribution in [-0.4, -0.2) is 22.7 Å². The molecule has 0 spiro atoms. The van der Waals surface area contributed by atoms with Crippen LogP contribution in [0, 0.1) is 20.8 Å². The van der Waals surface area contributed by atoms with Crippen LogP contribution in [0.15, 0.2) is 94.7 Å². The molecule has 0 aromatic heterocycles. The third-order valence-corrected chi connectivity index (χ3v) is 9.23. The van der Waals surface area contributed by atoms with Crippen LogP contribution in [0.1, 0.15) is 27.0 Å². The Hall–Kier alpha value is -3.86. The lowest BCUT2D eigenvalue weighted by molar-refractivity contribution is 0.102. The molecule has 0 fully saturated rings. The largest absolute Gasteiger partial charge is 0.322 e. The summed E-state index contributed by atoms with van der Waals surface area (Å²) in [5.41, 5.74) is 3.59. The quantitative estimate of drug-likeness (QED) is 0.231. The lowest BCUT2D eigenvalue weighted by Gasteiger charge is -2.14. The van der Waals surface area contributed by atoms with E-state index in [1.807, 2.05) is 32.0 Å². The van der Waals surface area contributed by atoms with Crippen LogP contribution in [0.25, 0.3) is 0 Å². The number of benzene rings is 4. The molecular weight excluding hydrogens is 558 g/mol. The van der Waals surface area contributed by atoms with Gasteiger partial charge in [-0.2, -0.15) is 0 Å². The predicted molar refractivity (Wildman–Crippen MR) is 155 cm³/mol. The lowest BCUT2D eigenvalue weighted by Crippen LogP contribution is -2.17. The van der Waals surface area contributed by atoms with Gasteiger partial charge in [-0.05, 0) is 86.0 Å². The van der Waals surface area contributed by atoms with E-state index in [-0.39, 0.29) is 20.4 Å². The van der Waals surface area contributed by atoms with Crippen molar-refractivity contribution in [2.45, 2.75) is 30.6 Å². The monoisotopic (exact) mass is 583 g/mol. The molecule has 3 N–H and O–H groups in total. The number of hydrogen-bond acceptors (Lipinski definition) is 5. The molecule has 4 aromatic rings. The van der Waals surface area contributed by atoms with Gasteiger partial charge in [-0.25, -0.2) is 16.8 Å². The standard InChI is InChI=1S/C28H26ClN3O5S2/c1-18-7-4-5-10-25(18)31-39(36,37)26-17-21(11-16-24(26)29)28(33)30-22-12-14-23(15-13-22)38(34,35)32-27-19(2)8-6-9-20(27)3/h4-17,31-32H,1-3H3,(H,30,33). The van der Waals surface area contributed by atoms with Gasteiger partial charge in [0.1, 0.15) is 4.90 Å². The molecule has 202 valence electrons. The zero-order valence-corrected chi connectivity index (χ0v) is 23.7. The fourth-order valence-electron chi connectivity index (χ4n) is 3.83. The number of rotatable bonds is 8. The summed E-state index contributed by atoms with van der Waals surface area (Å²) in [7, 11) is -7.95. The minimum atomic E-state index is -4.09. The van der Waals surface area contributed by atoms with Crippen molar-refractivity contribution in [3.8, 4) is 0 Å². The fraction of sp³-hybridized carbons (Fsp3) is 0.107. The van der Waals surface area contributed by atoms with E-state index in [1.165, 1.54) is 42.5 Å². The molecule has 0 saturated carbocycles. The summed E-state index contributed by atoms with van der Waals surface area (Å²) in [4.78, 5) is 12.7. The van der Waals surface area contributed by atoms with E-state index in [2.05, 4.69) is 14.8 Å². The smallest absolute Gasteiger partial charge is 0.263 e. The molecule has 11 heteroatoms. The van der Waals surface area contributed by atoms with Crippen LogP contribution in [0.5, 0.6) is 0 Å². The average molecular weight is 584 g/mol. The van der Waals surface area contributed by atoms with Crippen LogP contribution < -0.4 is 14.8 Å². The first-order chi connectivity index (χ1) is 18.4. The van der Waals surface area contributed by atoms with Crippen molar-refractivity contribution in [2.75, 3.05) is 14.8 Å². The van der Waals surface area contributed by atoms with Crippen LogP contribution >= 0.6 is 11.6 Å². The first-order valence-corrected chi connectivity index (χ1v) is 15.1. The van der Waals surface area contributed by atoms with Gasteiger partial charge in [0.15, 0.2) is 0 Å². The average Bonchev–Trinajstić information content (AvgIpc) is 2.88. The molecule has 4 aromatic carbocycles. The van der Waals surface area contributed by atoms with Crippen LogP contribution in [-0.2, 0) is 20.0 Å². The zero-order valence-electron chi connectivity index (χ0n) is 21.3. The van der Waals surface area contributed by atoms with E-state index in [9.17, 15) is 21.6 Å². The highest BCUT2D eigenvalue weighted by Gasteiger charge is 2.22. The maximum Gasteiger partial charge on any atom is 0.263 e. The number of sulfonamides is 2. The number of carbonyl (C=O) groups is 1. The molecule has 8 nitrogen and oxygen atoms in total. The van der Waals surface area contributed by atoms with Crippen LogP contribution in [0.2, 0.25) is 5.02 Å². The maximum atomic E-state index is 13.0. The minimum absolute atomic E-state index is 0.0188. The number of anilines is 3. The highest BCUT2D eigenvalue weighted by atomic mass is 35.5. The molecule has 0 aliphatic carbocycles. The Labute approximate surface area is 233 Å². The molecule has 0 unspecified atom stereocenters. The number of amides is 1. The number of halogens is 1. The van der Waals surface area contributed by atoms with Crippen LogP contribution in [0.4, 0.5) is 17.1 Å². The highest BCUT2D eigenvalue weighted by Crippen LogP contribution is 2.27. The van der Waals surface area contributed by atoms with Crippen molar-refractivity contribution in [1.29, 1.82) is 0 Å². The topological polar surface area (TPSA) is 121 Å². The van der Waals surface area contributed by atoms with Gasteiger partial charge in [-0.1, -0.05) is 48.0 Å². The summed E-state index contributed by atoms with van der Waals surface area (Å²) >= 11 is 6.18. The van der Waals surface area contributed by atoms with Gasteiger partial charge >= 0.3 is 0 Å². The number of hydrogen-bond donors (Lipinski definition) is 3. The van der Waals surface area contributed by atoms with E-state index >= 15 is 0 Å². The Kier molecular flexibility index (Phi) is 8.01. The van der Waals surface area contributed by atoms with Gasteiger partial charge in [-0.3, -0.25) is 14.2 Å². The van der Waals surface area contributed by atoms with Crippen LogP contribution in [0.3, 0.4) is 0 Å². The lowest BCUT2D eigenvalue weighted by atomic mass is 10.1. The molecule has 0 aliphatic heterocycles. The van der Waals surface area contributed by atoms with Crippen molar-refractivity contribution in [3.63, 3.8) is 0 Å². The van der Waals surface area contributed by atoms with E-state index in [1.54, 1.807) is 31.2 Å². The first-order valence-electron chi connectivity index (χ1n) is 11.8. The van der Waals surface area contributed by atoms with Crippen molar-refractivity contribution in [2.24, 2.45) is 0 Å². The molecule has 4 rings (SSSR count). The van der Waals surface area contributed by atoms with E-state index in [4.69, 9.17) is 11.6 Å². The van der Waals surface area contributed by atoms with Gasteiger partial charge in [0, 0.05) is 11.3 Å². The Balaban J connectivity index is 1.52. The van der Waals surface area contributed by atoms with Gasteiger partial charge in [0.2, 0.25) is 0 Å². The molecular formula is C28H26ClN3O5S2. The Morgan fingerprint density at radius 1 is 0.692 bits per heavy atom.